The summed E-state index contributed by atoms with van der Waals surface area (Å²) < 4.78 is 44.2. The lowest BCUT2D eigenvalue weighted by Gasteiger charge is -2.36. The van der Waals surface area contributed by atoms with E-state index in [0.717, 1.165) is 30.8 Å². The second kappa shape index (κ2) is 6.72. The minimum absolute atomic E-state index is 0.0778. The van der Waals surface area contributed by atoms with Gasteiger partial charge < -0.3 is 19.5 Å². The number of piperidine rings is 1. The number of nitrogens with one attached hydrogen (secondary N) is 1. The van der Waals surface area contributed by atoms with Gasteiger partial charge in [0.15, 0.2) is 6.04 Å². The predicted octanol–water partition coefficient (Wildman–Crippen LogP) is 1.62. The highest BCUT2D eigenvalue weighted by atomic mass is 19.4. The van der Waals surface area contributed by atoms with E-state index in [2.05, 4.69) is 14.9 Å². The van der Waals surface area contributed by atoms with E-state index < -0.39 is 24.7 Å². The zero-order chi connectivity index (χ0) is 17.3. The van der Waals surface area contributed by atoms with Crippen LogP contribution in [0.3, 0.4) is 0 Å². The van der Waals surface area contributed by atoms with Crippen LogP contribution in [-0.2, 0) is 4.74 Å². The van der Waals surface area contributed by atoms with Crippen LogP contribution in [0.15, 0.2) is 6.20 Å². The Morgan fingerprint density at radius 3 is 2.71 bits per heavy atom. The number of aromatic nitrogens is 2. The maximum Gasteiger partial charge on any atom is 0.411 e. The van der Waals surface area contributed by atoms with Crippen molar-refractivity contribution < 1.29 is 22.7 Å². The monoisotopic (exact) mass is 346 g/mol. The fourth-order valence-electron chi connectivity index (χ4n) is 3.21. The topological polar surface area (TPSA) is 61.5 Å². The van der Waals surface area contributed by atoms with Crippen LogP contribution in [0, 0.1) is 0 Å². The molecule has 0 radical (unpaired) electrons. The number of rotatable bonds is 2. The van der Waals surface area contributed by atoms with Crippen LogP contribution in [0.5, 0.6) is 0 Å². The summed E-state index contributed by atoms with van der Waals surface area (Å²) >= 11 is 0. The van der Waals surface area contributed by atoms with E-state index in [0.29, 0.717) is 5.82 Å². The lowest BCUT2D eigenvalue weighted by molar-refractivity contribution is -0.202. The highest BCUT2D eigenvalue weighted by Crippen LogP contribution is 2.29. The smallest absolute Gasteiger partial charge is 0.377 e. The summed E-state index contributed by atoms with van der Waals surface area (Å²) in [4.78, 5) is 22.7. The fraction of sp³-hybridized carbons (Fsp3) is 0.733. The Bertz CT molecular complexity index is 582. The Kier molecular flexibility index (Phi) is 4.82. The average molecular weight is 346 g/mol. The molecule has 0 bridgehead atoms. The lowest BCUT2D eigenvalue weighted by Crippen LogP contribution is -2.55. The van der Waals surface area contributed by atoms with Crippen molar-refractivity contribution in [1.82, 2.24) is 19.8 Å². The number of morpholine rings is 1. The fourth-order valence-corrected chi connectivity index (χ4v) is 3.21. The molecule has 0 spiro atoms. The van der Waals surface area contributed by atoms with Crippen LogP contribution >= 0.6 is 0 Å². The first-order chi connectivity index (χ1) is 11.4. The van der Waals surface area contributed by atoms with E-state index >= 15 is 0 Å². The van der Waals surface area contributed by atoms with Crippen LogP contribution in [0.4, 0.5) is 13.2 Å². The van der Waals surface area contributed by atoms with Gasteiger partial charge >= 0.3 is 6.18 Å². The van der Waals surface area contributed by atoms with Gasteiger partial charge in [0.2, 0.25) is 0 Å². The molecule has 0 aromatic carbocycles. The maximum absolute atomic E-state index is 13.1. The van der Waals surface area contributed by atoms with Crippen molar-refractivity contribution in [1.29, 1.82) is 0 Å². The van der Waals surface area contributed by atoms with Crippen LogP contribution in [0.2, 0.25) is 0 Å². The molecule has 1 amide bonds. The van der Waals surface area contributed by atoms with Crippen molar-refractivity contribution in [2.45, 2.75) is 31.0 Å². The summed E-state index contributed by atoms with van der Waals surface area (Å²) in [6.45, 7) is 1.38. The number of ether oxygens (including phenoxy) is 1. The number of imidazole rings is 1. The summed E-state index contributed by atoms with van der Waals surface area (Å²) in [5.41, 5.74) is 0.111. The zero-order valence-electron chi connectivity index (χ0n) is 13.5. The first kappa shape index (κ1) is 17.2. The number of carbonyl (C=O) groups excluding carboxylic acids is 1. The van der Waals surface area contributed by atoms with Crippen molar-refractivity contribution in [2.24, 2.45) is 0 Å². The van der Waals surface area contributed by atoms with Crippen molar-refractivity contribution in [3.63, 3.8) is 0 Å². The Labute approximate surface area is 138 Å². The molecule has 1 unspecified atom stereocenters. The minimum Gasteiger partial charge on any atom is -0.377 e. The van der Waals surface area contributed by atoms with Crippen LogP contribution in [0.1, 0.15) is 35.1 Å². The molecule has 1 aromatic heterocycles. The van der Waals surface area contributed by atoms with Gasteiger partial charge in [0.05, 0.1) is 19.4 Å². The van der Waals surface area contributed by atoms with E-state index in [1.807, 2.05) is 7.05 Å². The van der Waals surface area contributed by atoms with Gasteiger partial charge in [0.1, 0.15) is 11.5 Å². The van der Waals surface area contributed by atoms with E-state index in [4.69, 9.17) is 4.74 Å². The van der Waals surface area contributed by atoms with Crippen molar-refractivity contribution >= 4 is 5.91 Å². The summed E-state index contributed by atoms with van der Waals surface area (Å²) in [5, 5.41) is 0. The number of H-pyrrole nitrogens is 1. The van der Waals surface area contributed by atoms with Crippen molar-refractivity contribution in [3.8, 4) is 0 Å². The summed E-state index contributed by atoms with van der Waals surface area (Å²) in [6.07, 6.45) is -1.33. The second-order valence-corrected chi connectivity index (χ2v) is 6.39. The lowest BCUT2D eigenvalue weighted by atomic mass is 9.97. The van der Waals surface area contributed by atoms with Gasteiger partial charge in [-0.25, -0.2) is 4.98 Å². The van der Waals surface area contributed by atoms with E-state index in [1.54, 1.807) is 0 Å². The number of amides is 1. The molecule has 3 heterocycles. The van der Waals surface area contributed by atoms with E-state index in [1.165, 1.54) is 6.20 Å². The molecule has 2 saturated heterocycles. The SMILES string of the molecule is CN1CCC(c2ncc(C(=O)N3CCOCC3C(F)(F)F)[nH]2)CC1. The van der Waals surface area contributed by atoms with Gasteiger partial charge in [-0.1, -0.05) is 0 Å². The van der Waals surface area contributed by atoms with Gasteiger partial charge in [-0.2, -0.15) is 13.2 Å². The van der Waals surface area contributed by atoms with Crippen LogP contribution in [0.25, 0.3) is 0 Å². The molecule has 2 fully saturated rings. The highest BCUT2D eigenvalue weighted by molar-refractivity contribution is 5.92. The first-order valence-electron chi connectivity index (χ1n) is 8.05. The Hall–Kier alpha value is -1.61. The second-order valence-electron chi connectivity index (χ2n) is 6.39. The van der Waals surface area contributed by atoms with Crippen LogP contribution < -0.4 is 0 Å². The molecule has 134 valence electrons. The van der Waals surface area contributed by atoms with Gasteiger partial charge in [0, 0.05) is 12.5 Å². The molecule has 6 nitrogen and oxygen atoms in total. The molecule has 24 heavy (non-hydrogen) atoms. The normalized spacial score (nSPS) is 24.3. The first-order valence-corrected chi connectivity index (χ1v) is 8.05. The molecule has 0 saturated carbocycles. The number of carbonyl (C=O) groups is 1. The van der Waals surface area contributed by atoms with Crippen molar-refractivity contribution in [3.05, 3.63) is 17.7 Å². The largest absolute Gasteiger partial charge is 0.411 e. The maximum atomic E-state index is 13.1. The Morgan fingerprint density at radius 2 is 2.04 bits per heavy atom. The van der Waals surface area contributed by atoms with Gasteiger partial charge in [0.25, 0.3) is 5.91 Å². The van der Waals surface area contributed by atoms with E-state index in [-0.39, 0.29) is 24.8 Å². The van der Waals surface area contributed by atoms with Gasteiger partial charge in [-0.05, 0) is 33.0 Å². The molecule has 9 heteroatoms. The summed E-state index contributed by atoms with van der Waals surface area (Å²) in [6, 6.07) is -1.91. The molecule has 1 atom stereocenters. The van der Waals surface area contributed by atoms with E-state index in [9.17, 15) is 18.0 Å². The number of aromatic amines is 1. The third-order valence-corrected chi connectivity index (χ3v) is 4.70. The molecule has 1 N–H and O–H groups in total. The molecule has 3 rings (SSSR count). The molecule has 2 aliphatic heterocycles. The van der Waals surface area contributed by atoms with Gasteiger partial charge in [-0.15, -0.1) is 0 Å². The Balaban J connectivity index is 1.73. The number of hydrogen-bond donors (Lipinski definition) is 1. The predicted molar refractivity (Wildman–Crippen MR) is 79.8 cm³/mol. The average Bonchev–Trinajstić information content (AvgIpc) is 3.04. The molecule has 1 aromatic rings. The molecule has 2 aliphatic rings. The standard InChI is InChI=1S/C15H21F3N4O2/c1-21-4-2-10(3-5-21)13-19-8-11(20-13)14(23)22-6-7-24-9-12(22)15(16,17)18/h8,10,12H,2-7,9H2,1H3,(H,19,20). The molecular weight excluding hydrogens is 325 g/mol. The molecular formula is C15H21F3N4O2. The number of nitrogens with zero attached hydrogens (tertiary/aromatic N) is 3. The number of hydrogen-bond acceptors (Lipinski definition) is 4. The zero-order valence-corrected chi connectivity index (χ0v) is 13.5. The summed E-state index contributed by atoms with van der Waals surface area (Å²) in [7, 11) is 2.04. The number of halogens is 3. The van der Waals surface area contributed by atoms with Crippen LogP contribution in [-0.4, -0.2) is 77.8 Å². The third kappa shape index (κ3) is 3.56. The Morgan fingerprint density at radius 1 is 1.33 bits per heavy atom. The summed E-state index contributed by atoms with van der Waals surface area (Å²) in [5.74, 6) is 0.224. The quantitative estimate of drug-likeness (QED) is 0.884. The number of likely N-dealkylation sites (tertiary alicyclic amines) is 1. The number of alkyl halides is 3. The van der Waals surface area contributed by atoms with Gasteiger partial charge in [-0.3, -0.25) is 4.79 Å². The minimum atomic E-state index is -4.51. The third-order valence-electron chi connectivity index (χ3n) is 4.70. The van der Waals surface area contributed by atoms with Crippen molar-refractivity contribution in [2.75, 3.05) is 39.9 Å². The molecule has 0 aliphatic carbocycles. The highest BCUT2D eigenvalue weighted by Gasteiger charge is 2.47.